The summed E-state index contributed by atoms with van der Waals surface area (Å²) in [5.74, 6) is 3.52. The zero-order valence-electron chi connectivity index (χ0n) is 8.45. The van der Waals surface area contributed by atoms with E-state index >= 15 is 0 Å². The first-order valence-electron chi connectivity index (χ1n) is 5.08. The summed E-state index contributed by atoms with van der Waals surface area (Å²) in [4.78, 5) is 5.58. The van der Waals surface area contributed by atoms with E-state index in [-0.39, 0.29) is 0 Å². The SMILES string of the molecule is Cc1cnc(NCC2CCCSC2)s1. The topological polar surface area (TPSA) is 24.9 Å². The fourth-order valence-electron chi connectivity index (χ4n) is 1.64. The average Bonchev–Trinajstić information content (AvgIpc) is 2.63. The molecule has 1 aliphatic rings. The molecule has 0 amide bonds. The normalized spacial score (nSPS) is 22.2. The number of aromatic nitrogens is 1. The lowest BCUT2D eigenvalue weighted by Gasteiger charge is -2.21. The Kier molecular flexibility index (Phi) is 3.70. The molecule has 0 spiro atoms. The maximum absolute atomic E-state index is 4.30. The van der Waals surface area contributed by atoms with Crippen LogP contribution in [0.5, 0.6) is 0 Å². The molecule has 2 rings (SSSR count). The van der Waals surface area contributed by atoms with Gasteiger partial charge in [0.15, 0.2) is 5.13 Å². The molecule has 0 radical (unpaired) electrons. The Bertz CT molecular complexity index is 279. The van der Waals surface area contributed by atoms with Crippen LogP contribution in [0.15, 0.2) is 6.20 Å². The van der Waals surface area contributed by atoms with Crippen LogP contribution in [-0.2, 0) is 0 Å². The van der Waals surface area contributed by atoms with Gasteiger partial charge in [-0.25, -0.2) is 4.98 Å². The van der Waals surface area contributed by atoms with E-state index in [1.54, 1.807) is 11.3 Å². The van der Waals surface area contributed by atoms with Gasteiger partial charge in [0, 0.05) is 17.6 Å². The highest BCUT2D eigenvalue weighted by atomic mass is 32.2. The van der Waals surface area contributed by atoms with Gasteiger partial charge in [-0.2, -0.15) is 11.8 Å². The van der Waals surface area contributed by atoms with E-state index in [1.807, 2.05) is 6.20 Å². The largest absolute Gasteiger partial charge is 0.361 e. The lowest BCUT2D eigenvalue weighted by molar-refractivity contribution is 0.548. The summed E-state index contributed by atoms with van der Waals surface area (Å²) in [6.07, 6.45) is 4.70. The number of hydrogen-bond acceptors (Lipinski definition) is 4. The Labute approximate surface area is 93.5 Å². The molecule has 78 valence electrons. The predicted octanol–water partition coefficient (Wildman–Crippen LogP) is 3.01. The second-order valence-electron chi connectivity index (χ2n) is 3.74. The third-order valence-corrected chi connectivity index (χ3v) is 4.57. The molecule has 0 bridgehead atoms. The predicted molar refractivity (Wildman–Crippen MR) is 65.4 cm³/mol. The maximum atomic E-state index is 4.30. The molecule has 0 saturated carbocycles. The number of nitrogens with one attached hydrogen (secondary N) is 1. The first kappa shape index (κ1) is 10.3. The van der Waals surface area contributed by atoms with Crippen molar-refractivity contribution in [2.24, 2.45) is 5.92 Å². The Hall–Kier alpha value is -0.220. The van der Waals surface area contributed by atoms with Crippen LogP contribution in [0, 0.1) is 12.8 Å². The van der Waals surface area contributed by atoms with Gasteiger partial charge in [0.1, 0.15) is 0 Å². The van der Waals surface area contributed by atoms with Gasteiger partial charge in [-0.3, -0.25) is 0 Å². The van der Waals surface area contributed by atoms with Crippen LogP contribution in [0.25, 0.3) is 0 Å². The van der Waals surface area contributed by atoms with Crippen molar-refractivity contribution >= 4 is 28.2 Å². The van der Waals surface area contributed by atoms with Crippen LogP contribution in [0.4, 0.5) is 5.13 Å². The second-order valence-corrected chi connectivity index (χ2v) is 6.12. The summed E-state index contributed by atoms with van der Waals surface area (Å²) in [6, 6.07) is 0. The highest BCUT2D eigenvalue weighted by Crippen LogP contribution is 2.24. The molecule has 14 heavy (non-hydrogen) atoms. The van der Waals surface area contributed by atoms with Gasteiger partial charge in [-0.1, -0.05) is 0 Å². The number of nitrogens with zero attached hydrogens (tertiary/aromatic N) is 1. The van der Waals surface area contributed by atoms with Gasteiger partial charge in [0.05, 0.1) is 0 Å². The molecular weight excluding hydrogens is 212 g/mol. The van der Waals surface area contributed by atoms with E-state index < -0.39 is 0 Å². The Balaban J connectivity index is 1.76. The average molecular weight is 228 g/mol. The third kappa shape index (κ3) is 2.89. The summed E-state index contributed by atoms with van der Waals surface area (Å²) in [7, 11) is 0. The van der Waals surface area contributed by atoms with Crippen LogP contribution in [0.2, 0.25) is 0 Å². The molecular formula is C10H16N2S2. The van der Waals surface area contributed by atoms with Crippen molar-refractivity contribution in [1.82, 2.24) is 4.98 Å². The van der Waals surface area contributed by atoms with Gasteiger partial charge < -0.3 is 5.32 Å². The standard InChI is InChI=1S/C10H16N2S2/c1-8-5-11-10(14-8)12-6-9-3-2-4-13-7-9/h5,9H,2-4,6-7H2,1H3,(H,11,12). The Morgan fingerprint density at radius 1 is 1.64 bits per heavy atom. The summed E-state index contributed by atoms with van der Waals surface area (Å²) >= 11 is 3.83. The number of thiazole rings is 1. The van der Waals surface area contributed by atoms with Gasteiger partial charge in [-0.15, -0.1) is 11.3 Å². The van der Waals surface area contributed by atoms with Crippen molar-refractivity contribution in [3.63, 3.8) is 0 Å². The molecule has 1 aromatic rings. The minimum absolute atomic E-state index is 0.845. The van der Waals surface area contributed by atoms with Crippen LogP contribution >= 0.6 is 23.1 Å². The van der Waals surface area contributed by atoms with E-state index in [2.05, 4.69) is 29.0 Å². The van der Waals surface area contributed by atoms with E-state index in [9.17, 15) is 0 Å². The molecule has 0 aromatic carbocycles. The van der Waals surface area contributed by atoms with Gasteiger partial charge in [-0.05, 0) is 37.2 Å². The summed E-state index contributed by atoms with van der Waals surface area (Å²) in [5, 5.41) is 4.51. The summed E-state index contributed by atoms with van der Waals surface area (Å²) in [5.41, 5.74) is 0. The zero-order chi connectivity index (χ0) is 9.80. The first-order chi connectivity index (χ1) is 6.84. The molecule has 2 heterocycles. The quantitative estimate of drug-likeness (QED) is 0.861. The van der Waals surface area contributed by atoms with Crippen molar-refractivity contribution in [3.8, 4) is 0 Å². The molecule has 1 unspecified atom stereocenters. The number of hydrogen-bond donors (Lipinski definition) is 1. The lowest BCUT2D eigenvalue weighted by Crippen LogP contribution is -2.19. The van der Waals surface area contributed by atoms with Crippen molar-refractivity contribution in [1.29, 1.82) is 0 Å². The van der Waals surface area contributed by atoms with Gasteiger partial charge in [0.2, 0.25) is 0 Å². The van der Waals surface area contributed by atoms with E-state index in [1.165, 1.54) is 29.2 Å². The molecule has 1 saturated heterocycles. The number of aryl methyl sites for hydroxylation is 1. The van der Waals surface area contributed by atoms with Crippen LogP contribution in [0.3, 0.4) is 0 Å². The molecule has 2 nitrogen and oxygen atoms in total. The highest BCUT2D eigenvalue weighted by Gasteiger charge is 2.13. The van der Waals surface area contributed by atoms with Crippen molar-refractivity contribution in [2.45, 2.75) is 19.8 Å². The lowest BCUT2D eigenvalue weighted by atomic mass is 10.1. The molecule has 1 atom stereocenters. The maximum Gasteiger partial charge on any atom is 0.182 e. The smallest absolute Gasteiger partial charge is 0.182 e. The van der Waals surface area contributed by atoms with Gasteiger partial charge >= 0.3 is 0 Å². The summed E-state index contributed by atoms with van der Waals surface area (Å²) < 4.78 is 0. The highest BCUT2D eigenvalue weighted by molar-refractivity contribution is 7.99. The molecule has 1 fully saturated rings. The fraction of sp³-hybridized carbons (Fsp3) is 0.700. The minimum atomic E-state index is 0.845. The summed E-state index contributed by atoms with van der Waals surface area (Å²) in [6.45, 7) is 3.19. The fourth-order valence-corrected chi connectivity index (χ4v) is 3.46. The molecule has 0 aliphatic carbocycles. The van der Waals surface area contributed by atoms with E-state index in [0.29, 0.717) is 0 Å². The van der Waals surface area contributed by atoms with Crippen molar-refractivity contribution in [2.75, 3.05) is 23.4 Å². The molecule has 4 heteroatoms. The monoisotopic (exact) mass is 228 g/mol. The van der Waals surface area contributed by atoms with Crippen LogP contribution in [-0.4, -0.2) is 23.0 Å². The number of rotatable bonds is 3. The van der Waals surface area contributed by atoms with Crippen LogP contribution in [0.1, 0.15) is 17.7 Å². The Morgan fingerprint density at radius 2 is 2.57 bits per heavy atom. The number of anilines is 1. The van der Waals surface area contributed by atoms with Crippen LogP contribution < -0.4 is 5.32 Å². The van der Waals surface area contributed by atoms with Crippen molar-refractivity contribution < 1.29 is 0 Å². The van der Waals surface area contributed by atoms with Crippen molar-refractivity contribution in [3.05, 3.63) is 11.1 Å². The van der Waals surface area contributed by atoms with Gasteiger partial charge in [0.25, 0.3) is 0 Å². The third-order valence-electron chi connectivity index (χ3n) is 2.42. The molecule has 1 aromatic heterocycles. The zero-order valence-corrected chi connectivity index (χ0v) is 10.1. The first-order valence-corrected chi connectivity index (χ1v) is 7.06. The molecule has 1 aliphatic heterocycles. The minimum Gasteiger partial charge on any atom is -0.361 e. The number of thioether (sulfide) groups is 1. The Morgan fingerprint density at radius 3 is 3.21 bits per heavy atom. The van der Waals surface area contributed by atoms with E-state index in [0.717, 1.165) is 17.6 Å². The molecule has 1 N–H and O–H groups in total. The second kappa shape index (κ2) is 5.03. The van der Waals surface area contributed by atoms with E-state index in [4.69, 9.17) is 0 Å².